The molecule has 7 heteroatoms. The fraction of sp³-hybridized carbons (Fsp3) is 0.440. The number of rotatable bonds is 7. The van der Waals surface area contributed by atoms with Crippen LogP contribution in [0.2, 0.25) is 0 Å². The first-order chi connectivity index (χ1) is 15.3. The molecule has 3 rings (SSSR count). The van der Waals surface area contributed by atoms with Crippen molar-refractivity contribution in [2.45, 2.75) is 57.5 Å². The van der Waals surface area contributed by atoms with Crippen LogP contribution in [0, 0.1) is 0 Å². The largest absolute Gasteiger partial charge is 0.507 e. The third-order valence-corrected chi connectivity index (χ3v) is 6.29. The zero-order valence-electron chi connectivity index (χ0n) is 19.0. The number of piperidine rings is 1. The highest BCUT2D eigenvalue weighted by atomic mass is 16.5. The van der Waals surface area contributed by atoms with Gasteiger partial charge in [0, 0.05) is 42.1 Å². The lowest BCUT2D eigenvalue weighted by molar-refractivity contribution is -0.137. The summed E-state index contributed by atoms with van der Waals surface area (Å²) in [5, 5.41) is 20.3. The van der Waals surface area contributed by atoms with Gasteiger partial charge < -0.3 is 24.6 Å². The van der Waals surface area contributed by atoms with Crippen molar-refractivity contribution in [3.8, 4) is 17.2 Å². The number of methoxy groups -OCH3 is 2. The summed E-state index contributed by atoms with van der Waals surface area (Å²) < 4.78 is 10.8. The molecule has 0 aliphatic carbocycles. The first kappa shape index (κ1) is 23.4. The molecule has 0 bridgehead atoms. The van der Waals surface area contributed by atoms with E-state index in [1.54, 1.807) is 24.3 Å². The highest BCUT2D eigenvalue weighted by Gasteiger charge is 2.33. The Bertz CT molecular complexity index is 978. The monoisotopic (exact) mass is 441 g/mol. The molecule has 3 atom stereocenters. The van der Waals surface area contributed by atoms with Crippen LogP contribution in [0.5, 0.6) is 17.2 Å². The number of carbonyl (C=O) groups excluding carboxylic acids is 1. The van der Waals surface area contributed by atoms with Crippen molar-refractivity contribution in [3.05, 3.63) is 53.1 Å². The number of ether oxygens (including phenoxy) is 2. The molecule has 1 aliphatic rings. The van der Waals surface area contributed by atoms with Gasteiger partial charge in [0.1, 0.15) is 17.2 Å². The van der Waals surface area contributed by atoms with Gasteiger partial charge in [-0.2, -0.15) is 0 Å². The molecule has 2 N–H and O–H groups in total. The second-order valence-corrected chi connectivity index (χ2v) is 8.38. The van der Waals surface area contributed by atoms with Crippen LogP contribution in [-0.4, -0.2) is 53.3 Å². The molecule has 0 aromatic heterocycles. The van der Waals surface area contributed by atoms with Gasteiger partial charge in [0.2, 0.25) is 5.91 Å². The van der Waals surface area contributed by atoms with Gasteiger partial charge in [-0.05, 0) is 50.8 Å². The quantitative estimate of drug-likeness (QED) is 0.660. The van der Waals surface area contributed by atoms with E-state index in [9.17, 15) is 19.8 Å². The van der Waals surface area contributed by atoms with Crippen molar-refractivity contribution in [3.63, 3.8) is 0 Å². The number of nitrogens with zero attached hydrogens (tertiary/aromatic N) is 1. The second-order valence-electron chi connectivity index (χ2n) is 8.38. The maximum absolute atomic E-state index is 13.5. The SMILES string of the molecule is COc1cc(O)c(C(CC(=O)N2C(C)CCCC2C)c2cccc(C(=O)O)c2)c(OC)c1. The third kappa shape index (κ3) is 4.82. The predicted molar refractivity (Wildman–Crippen MR) is 121 cm³/mol. The van der Waals surface area contributed by atoms with E-state index in [0.29, 0.717) is 22.6 Å². The van der Waals surface area contributed by atoms with E-state index >= 15 is 0 Å². The van der Waals surface area contributed by atoms with Gasteiger partial charge in [0.15, 0.2) is 0 Å². The lowest BCUT2D eigenvalue weighted by Gasteiger charge is -2.40. The Kier molecular flexibility index (Phi) is 7.28. The van der Waals surface area contributed by atoms with Crippen LogP contribution in [0.15, 0.2) is 36.4 Å². The van der Waals surface area contributed by atoms with Gasteiger partial charge in [0.05, 0.1) is 19.8 Å². The van der Waals surface area contributed by atoms with Crippen LogP contribution in [0.3, 0.4) is 0 Å². The number of carbonyl (C=O) groups is 2. The molecule has 1 amide bonds. The molecule has 0 spiro atoms. The molecular formula is C25H31NO6. The number of aromatic hydroxyl groups is 1. The van der Waals surface area contributed by atoms with Crippen LogP contribution < -0.4 is 9.47 Å². The van der Waals surface area contributed by atoms with Crippen molar-refractivity contribution in [2.24, 2.45) is 0 Å². The molecule has 1 saturated heterocycles. The molecule has 0 saturated carbocycles. The first-order valence-corrected chi connectivity index (χ1v) is 10.9. The van der Waals surface area contributed by atoms with E-state index in [4.69, 9.17) is 9.47 Å². The van der Waals surface area contributed by atoms with Crippen LogP contribution in [0.25, 0.3) is 0 Å². The molecule has 2 aromatic carbocycles. The number of amides is 1. The number of phenolic OH excluding ortho intramolecular Hbond substituents is 1. The number of carboxylic acid groups (broad SMARTS) is 1. The van der Waals surface area contributed by atoms with E-state index in [1.165, 1.54) is 26.4 Å². The summed E-state index contributed by atoms with van der Waals surface area (Å²) in [6.45, 7) is 4.11. The average Bonchev–Trinajstić information content (AvgIpc) is 2.77. The fourth-order valence-corrected chi connectivity index (χ4v) is 4.69. The smallest absolute Gasteiger partial charge is 0.335 e. The molecule has 3 unspecified atom stereocenters. The minimum Gasteiger partial charge on any atom is -0.507 e. The Morgan fingerprint density at radius 2 is 1.78 bits per heavy atom. The van der Waals surface area contributed by atoms with Crippen molar-refractivity contribution in [2.75, 3.05) is 14.2 Å². The summed E-state index contributed by atoms with van der Waals surface area (Å²) in [6.07, 6.45) is 3.07. The zero-order valence-corrected chi connectivity index (χ0v) is 19.0. The molecule has 0 radical (unpaired) electrons. The van der Waals surface area contributed by atoms with E-state index in [-0.39, 0.29) is 35.7 Å². The predicted octanol–water partition coefficient (Wildman–Crippen LogP) is 4.42. The topological polar surface area (TPSA) is 96.3 Å². The lowest BCUT2D eigenvalue weighted by atomic mass is 9.85. The van der Waals surface area contributed by atoms with Gasteiger partial charge in [-0.1, -0.05) is 12.1 Å². The summed E-state index contributed by atoms with van der Waals surface area (Å²) in [4.78, 5) is 27.0. The molecular weight excluding hydrogens is 410 g/mol. The third-order valence-electron chi connectivity index (χ3n) is 6.29. The number of benzene rings is 2. The van der Waals surface area contributed by atoms with Crippen LogP contribution in [0.1, 0.15) is 66.9 Å². The maximum atomic E-state index is 13.5. The number of hydrogen-bond donors (Lipinski definition) is 2. The minimum absolute atomic E-state index is 0.0345. The van der Waals surface area contributed by atoms with Gasteiger partial charge in [0.25, 0.3) is 0 Å². The lowest BCUT2D eigenvalue weighted by Crippen LogP contribution is -2.47. The molecule has 172 valence electrons. The Labute approximate surface area is 188 Å². The number of carboxylic acids is 1. The fourth-order valence-electron chi connectivity index (χ4n) is 4.69. The first-order valence-electron chi connectivity index (χ1n) is 10.9. The maximum Gasteiger partial charge on any atom is 0.335 e. The summed E-state index contributed by atoms with van der Waals surface area (Å²) in [6, 6.07) is 9.86. The number of phenols is 1. The molecule has 1 fully saturated rings. The average molecular weight is 442 g/mol. The normalized spacial score (nSPS) is 19.3. The number of likely N-dealkylation sites (tertiary alicyclic amines) is 1. The Balaban J connectivity index is 2.10. The highest BCUT2D eigenvalue weighted by molar-refractivity contribution is 5.88. The van der Waals surface area contributed by atoms with Gasteiger partial charge >= 0.3 is 5.97 Å². The Morgan fingerprint density at radius 3 is 2.38 bits per heavy atom. The second kappa shape index (κ2) is 9.94. The summed E-state index contributed by atoms with van der Waals surface area (Å²) in [5.41, 5.74) is 1.17. The van der Waals surface area contributed by atoms with E-state index in [1.807, 2.05) is 4.90 Å². The Hall–Kier alpha value is -3.22. The van der Waals surface area contributed by atoms with Crippen molar-refractivity contribution in [1.29, 1.82) is 0 Å². The Morgan fingerprint density at radius 1 is 1.09 bits per heavy atom. The van der Waals surface area contributed by atoms with E-state index < -0.39 is 11.9 Å². The molecule has 1 heterocycles. The van der Waals surface area contributed by atoms with Crippen molar-refractivity contribution in [1.82, 2.24) is 4.90 Å². The molecule has 2 aromatic rings. The molecule has 1 aliphatic heterocycles. The number of hydrogen-bond acceptors (Lipinski definition) is 5. The van der Waals surface area contributed by atoms with Gasteiger partial charge in [-0.15, -0.1) is 0 Å². The van der Waals surface area contributed by atoms with Crippen LogP contribution >= 0.6 is 0 Å². The standard InChI is InChI=1S/C25H31NO6/c1-15-7-5-8-16(2)26(15)23(28)14-20(17-9-6-10-18(11-17)25(29)30)24-21(27)12-19(31-3)13-22(24)32-4/h6,9-13,15-16,20,27H,5,7-8,14H2,1-4H3,(H,29,30). The van der Waals surface area contributed by atoms with Gasteiger partial charge in [-0.3, -0.25) is 4.79 Å². The summed E-state index contributed by atoms with van der Waals surface area (Å²) in [7, 11) is 2.98. The minimum atomic E-state index is -1.05. The van der Waals surface area contributed by atoms with Gasteiger partial charge in [-0.25, -0.2) is 4.79 Å². The summed E-state index contributed by atoms with van der Waals surface area (Å²) >= 11 is 0. The van der Waals surface area contributed by atoms with Crippen LogP contribution in [0.4, 0.5) is 0 Å². The number of aromatic carboxylic acids is 1. The molecule has 7 nitrogen and oxygen atoms in total. The van der Waals surface area contributed by atoms with E-state index in [2.05, 4.69) is 13.8 Å². The van der Waals surface area contributed by atoms with Crippen molar-refractivity contribution < 1.29 is 29.3 Å². The van der Waals surface area contributed by atoms with Crippen molar-refractivity contribution >= 4 is 11.9 Å². The molecule has 32 heavy (non-hydrogen) atoms. The van der Waals surface area contributed by atoms with Crippen LogP contribution in [-0.2, 0) is 4.79 Å². The zero-order chi connectivity index (χ0) is 23.4. The summed E-state index contributed by atoms with van der Waals surface area (Å²) in [5.74, 6) is -0.955. The highest BCUT2D eigenvalue weighted by Crippen LogP contribution is 2.43. The van der Waals surface area contributed by atoms with E-state index in [0.717, 1.165) is 19.3 Å².